The number of aromatic hydroxyl groups is 1. The Balaban J connectivity index is 2.01. The average molecular weight is 274 g/mol. The van der Waals surface area contributed by atoms with Crippen molar-refractivity contribution in [3.8, 4) is 5.75 Å². The predicted octanol–water partition coefficient (Wildman–Crippen LogP) is 1.95. The van der Waals surface area contributed by atoms with E-state index in [4.69, 9.17) is 5.73 Å². The fourth-order valence-electron chi connectivity index (χ4n) is 2.62. The number of phenolic OH excluding ortho intramolecular Hbond substituents is 1. The fraction of sp³-hybridized carbons (Fsp3) is 0.438. The van der Waals surface area contributed by atoms with Gasteiger partial charge in [-0.1, -0.05) is 18.2 Å². The molecule has 1 fully saturated rings. The normalized spacial score (nSPS) is 20.2. The van der Waals surface area contributed by atoms with Crippen LogP contribution in [-0.4, -0.2) is 28.5 Å². The number of hydrogen-bond donors (Lipinski definition) is 2. The van der Waals surface area contributed by atoms with Gasteiger partial charge in [-0.25, -0.2) is 0 Å². The van der Waals surface area contributed by atoms with E-state index >= 15 is 0 Å². The van der Waals surface area contributed by atoms with E-state index in [0.717, 1.165) is 24.1 Å². The first kappa shape index (κ1) is 14.6. The van der Waals surface area contributed by atoms with Crippen LogP contribution < -0.4 is 5.73 Å². The molecule has 2 atom stereocenters. The van der Waals surface area contributed by atoms with Crippen molar-refractivity contribution in [2.45, 2.75) is 32.4 Å². The Morgan fingerprint density at radius 2 is 2.35 bits per heavy atom. The highest BCUT2D eigenvalue weighted by atomic mass is 16.3. The van der Waals surface area contributed by atoms with Gasteiger partial charge in [0.05, 0.1) is 0 Å². The maximum atomic E-state index is 12.3. The quantitative estimate of drug-likeness (QED) is 0.807. The third-order valence-corrected chi connectivity index (χ3v) is 3.87. The largest absolute Gasteiger partial charge is 0.508 e. The molecule has 1 heterocycles. The zero-order chi connectivity index (χ0) is 14.7. The smallest absolute Gasteiger partial charge is 0.226 e. The number of carbonyl (C=O) groups is 1. The molecule has 0 saturated carbocycles. The van der Waals surface area contributed by atoms with Gasteiger partial charge in [-0.05, 0) is 31.4 Å². The fourth-order valence-corrected chi connectivity index (χ4v) is 2.62. The number of hydrogen-bond acceptors (Lipinski definition) is 3. The van der Waals surface area contributed by atoms with Crippen LogP contribution in [-0.2, 0) is 11.3 Å². The Bertz CT molecular complexity index is 513. The molecular weight excluding hydrogens is 252 g/mol. The van der Waals surface area contributed by atoms with Crippen molar-refractivity contribution >= 4 is 5.91 Å². The maximum Gasteiger partial charge on any atom is 0.226 e. The van der Waals surface area contributed by atoms with Gasteiger partial charge in [-0.3, -0.25) is 4.79 Å². The summed E-state index contributed by atoms with van der Waals surface area (Å²) < 4.78 is 0. The molecule has 0 aliphatic carbocycles. The molecule has 1 aliphatic heterocycles. The first-order valence-corrected chi connectivity index (χ1v) is 6.96. The van der Waals surface area contributed by atoms with Crippen molar-refractivity contribution in [2.75, 3.05) is 6.54 Å². The van der Waals surface area contributed by atoms with E-state index in [1.165, 1.54) is 0 Å². The van der Waals surface area contributed by atoms with E-state index in [-0.39, 0.29) is 23.6 Å². The Labute approximate surface area is 119 Å². The molecule has 1 aromatic rings. The van der Waals surface area contributed by atoms with Crippen LogP contribution in [0.4, 0.5) is 0 Å². The van der Waals surface area contributed by atoms with Crippen LogP contribution in [0.3, 0.4) is 0 Å². The van der Waals surface area contributed by atoms with E-state index in [1.54, 1.807) is 17.0 Å². The number of rotatable bonds is 5. The van der Waals surface area contributed by atoms with Crippen molar-refractivity contribution in [1.82, 2.24) is 4.90 Å². The second-order valence-corrected chi connectivity index (χ2v) is 5.51. The van der Waals surface area contributed by atoms with Gasteiger partial charge in [0.1, 0.15) is 5.75 Å². The molecule has 0 radical (unpaired) electrons. The lowest BCUT2D eigenvalue weighted by molar-refractivity contribution is -0.131. The van der Waals surface area contributed by atoms with Crippen molar-refractivity contribution < 1.29 is 9.90 Å². The van der Waals surface area contributed by atoms with Crippen molar-refractivity contribution in [3.63, 3.8) is 0 Å². The summed E-state index contributed by atoms with van der Waals surface area (Å²) in [5, 5.41) is 9.92. The van der Waals surface area contributed by atoms with E-state index in [2.05, 4.69) is 6.58 Å². The number of aryl methyl sites for hydroxylation is 1. The number of carbonyl (C=O) groups excluding carboxylic acids is 1. The molecule has 20 heavy (non-hydrogen) atoms. The molecule has 0 aromatic heterocycles. The van der Waals surface area contributed by atoms with Gasteiger partial charge in [0.2, 0.25) is 5.91 Å². The molecule has 2 unspecified atom stereocenters. The summed E-state index contributed by atoms with van der Waals surface area (Å²) in [5.41, 5.74) is 7.62. The van der Waals surface area contributed by atoms with Crippen molar-refractivity contribution in [1.29, 1.82) is 0 Å². The SMILES string of the molecule is C=CC(N)CC1CCN(Cc2ccc(C)cc2O)C1=O. The summed E-state index contributed by atoms with van der Waals surface area (Å²) in [4.78, 5) is 14.1. The zero-order valence-corrected chi connectivity index (χ0v) is 11.9. The van der Waals surface area contributed by atoms with E-state index in [9.17, 15) is 9.90 Å². The standard InChI is InChI=1S/C16H22N2O2/c1-3-14(17)9-12-6-7-18(16(12)20)10-13-5-4-11(2)8-15(13)19/h3-5,8,12,14,19H,1,6-7,9-10,17H2,2H3. The van der Waals surface area contributed by atoms with Crippen LogP contribution in [0.1, 0.15) is 24.0 Å². The van der Waals surface area contributed by atoms with E-state index in [1.807, 2.05) is 19.1 Å². The summed E-state index contributed by atoms with van der Waals surface area (Å²) in [5.74, 6) is 0.363. The summed E-state index contributed by atoms with van der Waals surface area (Å²) in [6.07, 6.45) is 3.16. The van der Waals surface area contributed by atoms with Crippen molar-refractivity contribution in [2.24, 2.45) is 11.7 Å². The van der Waals surface area contributed by atoms with Crippen LogP contribution in [0.5, 0.6) is 5.75 Å². The summed E-state index contributed by atoms with van der Waals surface area (Å²) in [6.45, 7) is 6.77. The lowest BCUT2D eigenvalue weighted by Crippen LogP contribution is -2.29. The Kier molecular flexibility index (Phi) is 4.45. The minimum absolute atomic E-state index is 0.0180. The second kappa shape index (κ2) is 6.09. The van der Waals surface area contributed by atoms with Crippen LogP contribution in [0.25, 0.3) is 0 Å². The third kappa shape index (κ3) is 3.20. The number of amides is 1. The lowest BCUT2D eigenvalue weighted by atomic mass is 9.99. The number of phenols is 1. The molecule has 1 aromatic carbocycles. The Morgan fingerprint density at radius 3 is 3.00 bits per heavy atom. The highest BCUT2D eigenvalue weighted by molar-refractivity contribution is 5.81. The van der Waals surface area contributed by atoms with Gasteiger partial charge in [0, 0.05) is 30.6 Å². The summed E-state index contributed by atoms with van der Waals surface area (Å²) in [6, 6.07) is 5.42. The van der Waals surface area contributed by atoms with Crippen LogP contribution >= 0.6 is 0 Å². The van der Waals surface area contributed by atoms with Gasteiger partial charge in [-0.15, -0.1) is 6.58 Å². The molecule has 1 amide bonds. The van der Waals surface area contributed by atoms with Gasteiger partial charge in [0.25, 0.3) is 0 Å². The summed E-state index contributed by atoms with van der Waals surface area (Å²) in [7, 11) is 0. The first-order valence-electron chi connectivity index (χ1n) is 6.96. The summed E-state index contributed by atoms with van der Waals surface area (Å²) >= 11 is 0. The first-order chi connectivity index (χ1) is 9.51. The number of nitrogens with zero attached hydrogens (tertiary/aromatic N) is 1. The van der Waals surface area contributed by atoms with Gasteiger partial charge in [0.15, 0.2) is 0 Å². The minimum atomic E-state index is -0.128. The van der Waals surface area contributed by atoms with Gasteiger partial charge in [-0.2, -0.15) is 0 Å². The third-order valence-electron chi connectivity index (χ3n) is 3.87. The number of nitrogens with two attached hydrogens (primary N) is 1. The molecule has 108 valence electrons. The molecule has 3 N–H and O–H groups in total. The maximum absolute atomic E-state index is 12.3. The minimum Gasteiger partial charge on any atom is -0.508 e. The molecule has 0 bridgehead atoms. The monoisotopic (exact) mass is 274 g/mol. The van der Waals surface area contributed by atoms with Crippen LogP contribution in [0, 0.1) is 12.8 Å². The van der Waals surface area contributed by atoms with Crippen molar-refractivity contribution in [3.05, 3.63) is 42.0 Å². The predicted molar refractivity (Wildman–Crippen MR) is 79.2 cm³/mol. The second-order valence-electron chi connectivity index (χ2n) is 5.51. The lowest BCUT2D eigenvalue weighted by Gasteiger charge is -2.18. The Morgan fingerprint density at radius 1 is 1.60 bits per heavy atom. The van der Waals surface area contributed by atoms with Gasteiger partial charge < -0.3 is 15.7 Å². The molecule has 1 aliphatic rings. The van der Waals surface area contributed by atoms with E-state index in [0.29, 0.717) is 13.0 Å². The highest BCUT2D eigenvalue weighted by Crippen LogP contribution is 2.27. The van der Waals surface area contributed by atoms with Crippen LogP contribution in [0.15, 0.2) is 30.9 Å². The Hall–Kier alpha value is -1.81. The molecule has 1 saturated heterocycles. The zero-order valence-electron chi connectivity index (χ0n) is 11.9. The average Bonchev–Trinajstić information content (AvgIpc) is 2.74. The molecule has 4 heteroatoms. The number of likely N-dealkylation sites (tertiary alicyclic amines) is 1. The van der Waals surface area contributed by atoms with Crippen LogP contribution in [0.2, 0.25) is 0 Å². The highest BCUT2D eigenvalue weighted by Gasteiger charge is 2.32. The molecular formula is C16H22N2O2. The number of benzene rings is 1. The molecule has 4 nitrogen and oxygen atoms in total. The topological polar surface area (TPSA) is 66.6 Å². The molecule has 0 spiro atoms. The van der Waals surface area contributed by atoms with E-state index < -0.39 is 0 Å². The molecule has 2 rings (SSSR count). The van der Waals surface area contributed by atoms with Gasteiger partial charge >= 0.3 is 0 Å².